The Morgan fingerprint density at radius 2 is 2.00 bits per heavy atom. The van der Waals surface area contributed by atoms with E-state index in [1.807, 2.05) is 0 Å². The maximum Gasteiger partial charge on any atom is 0.0400 e. The summed E-state index contributed by atoms with van der Waals surface area (Å²) >= 11 is 0. The topological polar surface area (TPSA) is 3.24 Å². The predicted octanol–water partition coefficient (Wildman–Crippen LogP) is 3.11. The van der Waals surface area contributed by atoms with Gasteiger partial charge in [0.05, 0.1) is 0 Å². The third-order valence-corrected chi connectivity index (χ3v) is 3.22. The second-order valence-electron chi connectivity index (χ2n) is 4.66. The van der Waals surface area contributed by atoms with E-state index in [0.29, 0.717) is 5.92 Å². The van der Waals surface area contributed by atoms with Crippen molar-refractivity contribution < 1.29 is 0 Å². The molecule has 0 aromatic heterocycles. The van der Waals surface area contributed by atoms with E-state index in [2.05, 4.69) is 44.9 Å². The molecule has 0 saturated carbocycles. The molecular weight excluding hydrogens is 170 g/mol. The Morgan fingerprint density at radius 1 is 1.29 bits per heavy atom. The Kier molecular flexibility index (Phi) is 2.26. The number of nitrogens with zero attached hydrogens (tertiary/aromatic N) is 1. The van der Waals surface area contributed by atoms with Crippen molar-refractivity contribution in [3.8, 4) is 0 Å². The summed E-state index contributed by atoms with van der Waals surface area (Å²) in [4.78, 5) is 2.36. The molecule has 0 aliphatic carbocycles. The third kappa shape index (κ3) is 1.41. The molecule has 0 amide bonds. The number of fused-ring (bicyclic) bond motifs is 1. The van der Waals surface area contributed by atoms with Crippen LogP contribution < -0.4 is 4.90 Å². The lowest BCUT2D eigenvalue weighted by Gasteiger charge is -2.16. The van der Waals surface area contributed by atoms with Crippen molar-refractivity contribution >= 4 is 5.69 Å². The van der Waals surface area contributed by atoms with Crippen LogP contribution in [0.1, 0.15) is 36.5 Å². The van der Waals surface area contributed by atoms with Crippen LogP contribution in [0.2, 0.25) is 0 Å². The highest BCUT2D eigenvalue weighted by molar-refractivity contribution is 5.61. The lowest BCUT2D eigenvalue weighted by molar-refractivity contribution is 0.855. The van der Waals surface area contributed by atoms with Crippen molar-refractivity contribution in [3.05, 3.63) is 28.8 Å². The second kappa shape index (κ2) is 3.30. The van der Waals surface area contributed by atoms with Crippen LogP contribution in [0.5, 0.6) is 0 Å². The van der Waals surface area contributed by atoms with Crippen molar-refractivity contribution in [2.75, 3.05) is 18.5 Å². The lowest BCUT2D eigenvalue weighted by atomic mass is 9.95. The van der Waals surface area contributed by atoms with Gasteiger partial charge < -0.3 is 4.90 Å². The van der Waals surface area contributed by atoms with Crippen molar-refractivity contribution in [2.24, 2.45) is 0 Å². The van der Waals surface area contributed by atoms with Gasteiger partial charge in [0, 0.05) is 19.3 Å². The summed E-state index contributed by atoms with van der Waals surface area (Å²) < 4.78 is 0. The summed E-state index contributed by atoms with van der Waals surface area (Å²) in [6.45, 7) is 7.94. The summed E-state index contributed by atoms with van der Waals surface area (Å²) in [6.07, 6.45) is 1.21. The zero-order chi connectivity index (χ0) is 10.3. The molecule has 0 N–H and O–H groups in total. The monoisotopic (exact) mass is 189 g/mol. The van der Waals surface area contributed by atoms with E-state index in [4.69, 9.17) is 0 Å². The number of hydrogen-bond acceptors (Lipinski definition) is 1. The molecule has 0 saturated heterocycles. The maximum atomic E-state index is 2.38. The van der Waals surface area contributed by atoms with Gasteiger partial charge >= 0.3 is 0 Å². The molecule has 0 atom stereocenters. The van der Waals surface area contributed by atoms with Gasteiger partial charge in [0.2, 0.25) is 0 Å². The molecule has 76 valence electrons. The zero-order valence-corrected chi connectivity index (χ0v) is 9.59. The van der Waals surface area contributed by atoms with Gasteiger partial charge in [-0.2, -0.15) is 0 Å². The summed E-state index contributed by atoms with van der Waals surface area (Å²) in [6, 6.07) is 4.75. The van der Waals surface area contributed by atoms with Crippen LogP contribution in [0.3, 0.4) is 0 Å². The van der Waals surface area contributed by atoms with Crippen molar-refractivity contribution in [2.45, 2.75) is 33.1 Å². The van der Waals surface area contributed by atoms with Crippen molar-refractivity contribution in [1.29, 1.82) is 0 Å². The first-order chi connectivity index (χ1) is 6.59. The standard InChI is InChI=1S/C13H19N/c1-9(2)12-8-13-11(7-10(12)3)5-6-14(13)4/h7-9H,5-6H2,1-4H3. The third-order valence-electron chi connectivity index (χ3n) is 3.22. The van der Waals surface area contributed by atoms with Crippen LogP contribution >= 0.6 is 0 Å². The predicted molar refractivity (Wildman–Crippen MR) is 62.2 cm³/mol. The molecule has 1 aliphatic heterocycles. The van der Waals surface area contributed by atoms with E-state index in [9.17, 15) is 0 Å². The quantitative estimate of drug-likeness (QED) is 0.656. The average Bonchev–Trinajstić information content (AvgIpc) is 2.46. The summed E-state index contributed by atoms with van der Waals surface area (Å²) in [5, 5.41) is 0. The maximum absolute atomic E-state index is 2.38. The van der Waals surface area contributed by atoms with Crippen molar-refractivity contribution in [1.82, 2.24) is 0 Å². The molecule has 1 aromatic carbocycles. The number of anilines is 1. The largest absolute Gasteiger partial charge is 0.374 e. The molecule has 2 rings (SSSR count). The summed E-state index contributed by atoms with van der Waals surface area (Å²) in [5.41, 5.74) is 5.92. The average molecular weight is 189 g/mol. The fraction of sp³-hybridized carbons (Fsp3) is 0.538. The molecule has 1 aliphatic rings. The molecule has 1 aromatic rings. The molecule has 0 radical (unpaired) electrons. The fourth-order valence-electron chi connectivity index (χ4n) is 2.36. The Balaban J connectivity index is 2.51. The summed E-state index contributed by atoms with van der Waals surface area (Å²) in [5.74, 6) is 0.634. The van der Waals surface area contributed by atoms with Gasteiger partial charge in [-0.1, -0.05) is 19.9 Å². The van der Waals surface area contributed by atoms with Gasteiger partial charge in [0.1, 0.15) is 0 Å². The first-order valence-corrected chi connectivity index (χ1v) is 5.44. The van der Waals surface area contributed by atoms with Crippen LogP contribution in [-0.4, -0.2) is 13.6 Å². The molecule has 0 spiro atoms. The number of likely N-dealkylation sites (N-methyl/N-ethyl adjacent to an activating group) is 1. The second-order valence-corrected chi connectivity index (χ2v) is 4.66. The van der Waals surface area contributed by atoms with E-state index >= 15 is 0 Å². The Labute approximate surface area is 86.7 Å². The zero-order valence-electron chi connectivity index (χ0n) is 9.59. The molecule has 14 heavy (non-hydrogen) atoms. The van der Waals surface area contributed by atoms with E-state index in [1.54, 1.807) is 0 Å². The first-order valence-electron chi connectivity index (χ1n) is 5.44. The highest BCUT2D eigenvalue weighted by Crippen LogP contribution is 2.32. The van der Waals surface area contributed by atoms with Crippen LogP contribution in [0.15, 0.2) is 12.1 Å². The number of rotatable bonds is 1. The Hall–Kier alpha value is -0.980. The van der Waals surface area contributed by atoms with Gasteiger partial charge in [-0.25, -0.2) is 0 Å². The molecule has 1 heterocycles. The minimum atomic E-state index is 0.634. The fourth-order valence-corrected chi connectivity index (χ4v) is 2.36. The van der Waals surface area contributed by atoms with Crippen LogP contribution in [0.4, 0.5) is 5.69 Å². The smallest absolute Gasteiger partial charge is 0.0400 e. The Morgan fingerprint density at radius 3 is 2.64 bits per heavy atom. The van der Waals surface area contributed by atoms with Gasteiger partial charge in [0.15, 0.2) is 0 Å². The molecule has 0 bridgehead atoms. The van der Waals surface area contributed by atoms with E-state index in [-0.39, 0.29) is 0 Å². The number of benzene rings is 1. The van der Waals surface area contributed by atoms with Crippen LogP contribution in [0, 0.1) is 6.92 Å². The van der Waals surface area contributed by atoms with Gasteiger partial charge in [-0.3, -0.25) is 0 Å². The highest BCUT2D eigenvalue weighted by atomic mass is 15.1. The van der Waals surface area contributed by atoms with Crippen LogP contribution in [-0.2, 0) is 6.42 Å². The molecule has 1 heteroatoms. The molecule has 0 unspecified atom stereocenters. The molecule has 0 fully saturated rings. The Bertz CT molecular complexity index is 352. The van der Waals surface area contributed by atoms with E-state index < -0.39 is 0 Å². The highest BCUT2D eigenvalue weighted by Gasteiger charge is 2.17. The molecule has 1 nitrogen and oxygen atoms in total. The van der Waals surface area contributed by atoms with Gasteiger partial charge in [0.25, 0.3) is 0 Å². The number of hydrogen-bond donors (Lipinski definition) is 0. The van der Waals surface area contributed by atoms with Crippen molar-refractivity contribution in [3.63, 3.8) is 0 Å². The minimum Gasteiger partial charge on any atom is -0.374 e. The molecular formula is C13H19N. The van der Waals surface area contributed by atoms with Gasteiger partial charge in [-0.05, 0) is 42.0 Å². The lowest BCUT2D eigenvalue weighted by Crippen LogP contribution is -2.12. The van der Waals surface area contributed by atoms with Crippen LogP contribution in [0.25, 0.3) is 0 Å². The summed E-state index contributed by atoms with van der Waals surface area (Å²) in [7, 11) is 2.19. The van der Waals surface area contributed by atoms with E-state index in [0.717, 1.165) is 0 Å². The van der Waals surface area contributed by atoms with Gasteiger partial charge in [-0.15, -0.1) is 0 Å². The minimum absolute atomic E-state index is 0.634. The SMILES string of the molecule is Cc1cc2c(cc1C(C)C)N(C)CC2. The normalized spacial score (nSPS) is 15.1. The first kappa shape index (κ1) is 9.57. The number of aryl methyl sites for hydroxylation is 1. The van der Waals surface area contributed by atoms with E-state index in [1.165, 1.54) is 35.3 Å².